The maximum Gasteiger partial charge on any atom is 0.284 e. The first kappa shape index (κ1) is 19.8. The molecule has 27 heavy (non-hydrogen) atoms. The van der Waals surface area contributed by atoms with Gasteiger partial charge in [0.2, 0.25) is 0 Å². The molecule has 0 aromatic heterocycles. The Hall–Kier alpha value is -2.00. The molecule has 6 nitrogen and oxygen atoms in total. The third kappa shape index (κ3) is 4.47. The van der Waals surface area contributed by atoms with E-state index in [4.69, 9.17) is 23.2 Å². The van der Waals surface area contributed by atoms with E-state index < -0.39 is 15.9 Å². The lowest BCUT2D eigenvalue weighted by Crippen LogP contribution is -2.20. The molecule has 1 aliphatic rings. The Bertz CT molecular complexity index is 1090. The van der Waals surface area contributed by atoms with Crippen LogP contribution in [0.1, 0.15) is 11.1 Å². The number of nitrogens with one attached hydrogen (secondary N) is 1. The molecule has 0 unspecified atom stereocenters. The molecule has 1 heterocycles. The number of phenolic OH excluding ortho intramolecular Hbond substituents is 1. The van der Waals surface area contributed by atoms with Gasteiger partial charge in [0, 0.05) is 10.6 Å². The van der Waals surface area contributed by atoms with Gasteiger partial charge in [0.05, 0.1) is 14.8 Å². The summed E-state index contributed by atoms with van der Waals surface area (Å²) in [5.41, 5.74) is 1.14. The van der Waals surface area contributed by atoms with E-state index in [9.17, 15) is 18.3 Å². The fraction of sp³-hybridized carbons (Fsp3) is 0.0588. The molecule has 2 aromatic carbocycles. The number of amides is 1. The normalized spacial score (nSPS) is 17.5. The third-order valence-corrected chi connectivity index (χ3v) is 6.34. The highest BCUT2D eigenvalue weighted by atomic mass is 35.5. The summed E-state index contributed by atoms with van der Waals surface area (Å²) in [4.78, 5) is 12.3. The van der Waals surface area contributed by atoms with Crippen LogP contribution in [0.25, 0.3) is 6.08 Å². The average molecular weight is 443 g/mol. The van der Waals surface area contributed by atoms with Crippen LogP contribution < -0.4 is 5.32 Å². The summed E-state index contributed by atoms with van der Waals surface area (Å²) in [6.45, 7) is 1.84. The number of carbonyl (C=O) groups excluding carboxylic acids is 1. The largest absolute Gasteiger partial charge is 0.506 e. The number of carbonyl (C=O) groups is 1. The lowest BCUT2D eigenvalue weighted by Gasteiger charge is -2.03. The molecule has 0 atom stereocenters. The van der Waals surface area contributed by atoms with Crippen LogP contribution in [-0.4, -0.2) is 24.6 Å². The molecule has 1 aliphatic heterocycles. The number of amidine groups is 1. The van der Waals surface area contributed by atoms with Crippen molar-refractivity contribution in [1.29, 1.82) is 0 Å². The number of nitrogens with zero attached hydrogens (tertiary/aromatic N) is 1. The summed E-state index contributed by atoms with van der Waals surface area (Å²) < 4.78 is 28.4. The van der Waals surface area contributed by atoms with Crippen LogP contribution in [0.15, 0.2) is 50.6 Å². The molecule has 0 radical (unpaired) electrons. The van der Waals surface area contributed by atoms with Crippen LogP contribution in [0.5, 0.6) is 5.75 Å². The Balaban J connectivity index is 1.91. The zero-order chi connectivity index (χ0) is 19.8. The van der Waals surface area contributed by atoms with Crippen molar-refractivity contribution < 1.29 is 18.3 Å². The van der Waals surface area contributed by atoms with Gasteiger partial charge in [-0.25, -0.2) is 0 Å². The quantitative estimate of drug-likeness (QED) is 0.701. The second kappa shape index (κ2) is 7.55. The minimum atomic E-state index is -3.97. The van der Waals surface area contributed by atoms with Crippen molar-refractivity contribution in [2.45, 2.75) is 11.8 Å². The Morgan fingerprint density at radius 3 is 2.52 bits per heavy atom. The van der Waals surface area contributed by atoms with E-state index in [0.29, 0.717) is 0 Å². The zero-order valence-corrected chi connectivity index (χ0v) is 16.9. The first-order chi connectivity index (χ1) is 12.7. The van der Waals surface area contributed by atoms with E-state index in [-0.39, 0.29) is 36.3 Å². The summed E-state index contributed by atoms with van der Waals surface area (Å²) in [6.07, 6.45) is 1.36. The number of benzene rings is 2. The lowest BCUT2D eigenvalue weighted by molar-refractivity contribution is -0.115. The van der Waals surface area contributed by atoms with Crippen LogP contribution >= 0.6 is 35.0 Å². The first-order valence-corrected chi connectivity index (χ1v) is 10.5. The van der Waals surface area contributed by atoms with E-state index in [1.165, 1.54) is 30.3 Å². The Labute approximate surface area is 170 Å². The monoisotopic (exact) mass is 442 g/mol. The molecule has 0 aliphatic carbocycles. The van der Waals surface area contributed by atoms with Crippen LogP contribution in [0, 0.1) is 6.92 Å². The fourth-order valence-corrected chi connectivity index (χ4v) is 4.66. The van der Waals surface area contributed by atoms with E-state index in [0.717, 1.165) is 17.3 Å². The summed E-state index contributed by atoms with van der Waals surface area (Å²) in [5.74, 6) is -0.784. The van der Waals surface area contributed by atoms with Gasteiger partial charge in [-0.2, -0.15) is 8.42 Å². The molecule has 0 saturated carbocycles. The molecule has 2 aromatic rings. The van der Waals surface area contributed by atoms with Crippen LogP contribution in [0.2, 0.25) is 10.0 Å². The Morgan fingerprint density at radius 2 is 1.85 bits per heavy atom. The number of thioether (sulfide) groups is 1. The molecule has 1 saturated heterocycles. The number of hydrogen-bond acceptors (Lipinski definition) is 5. The topological polar surface area (TPSA) is 95.8 Å². The molecule has 3 rings (SSSR count). The standard InChI is InChI=1S/C17H12Cl2N2O4S2/c1-9-2-4-12(5-3-9)27(24,25)21-17-20-16(23)14(26-17)7-10-6-11(18)8-13(19)15(10)22/h2-8,22H,1H3,(H,20,21,23)/b14-7-. The number of halogens is 2. The second-order valence-corrected chi connectivity index (χ2v) is 9.05. The minimum absolute atomic E-state index is 0.0205. The predicted molar refractivity (Wildman–Crippen MR) is 108 cm³/mol. The zero-order valence-electron chi connectivity index (χ0n) is 13.7. The molecule has 10 heteroatoms. The Morgan fingerprint density at radius 1 is 1.19 bits per heavy atom. The predicted octanol–water partition coefficient (Wildman–Crippen LogP) is 3.96. The molecular formula is C17H12Cl2N2O4S2. The van der Waals surface area contributed by atoms with E-state index in [2.05, 4.69) is 9.71 Å². The van der Waals surface area contributed by atoms with Gasteiger partial charge >= 0.3 is 0 Å². The second-order valence-electron chi connectivity index (χ2n) is 5.57. The summed E-state index contributed by atoms with van der Waals surface area (Å²) in [6, 6.07) is 9.00. The van der Waals surface area contributed by atoms with Gasteiger partial charge in [-0.3, -0.25) is 10.1 Å². The van der Waals surface area contributed by atoms with Gasteiger partial charge < -0.3 is 5.11 Å². The number of aromatic hydroxyl groups is 1. The van der Waals surface area contributed by atoms with Crippen molar-refractivity contribution >= 4 is 62.1 Å². The van der Waals surface area contributed by atoms with Crippen LogP contribution in [0.3, 0.4) is 0 Å². The van der Waals surface area contributed by atoms with E-state index in [1.807, 2.05) is 6.92 Å². The number of rotatable bonds is 3. The maximum atomic E-state index is 12.4. The van der Waals surface area contributed by atoms with Gasteiger partial charge in [-0.15, -0.1) is 4.40 Å². The summed E-state index contributed by atoms with van der Waals surface area (Å²) in [7, 11) is -3.97. The smallest absolute Gasteiger partial charge is 0.284 e. The van der Waals surface area contributed by atoms with Crippen molar-refractivity contribution in [3.05, 3.63) is 62.5 Å². The fourth-order valence-electron chi connectivity index (χ4n) is 2.18. The number of hydrogen-bond donors (Lipinski definition) is 2. The number of aryl methyl sites for hydroxylation is 1. The summed E-state index contributed by atoms with van der Waals surface area (Å²) in [5, 5.41) is 12.6. The Kier molecular flexibility index (Phi) is 5.53. The SMILES string of the molecule is Cc1ccc(S(=O)(=O)/N=C2/NC(=O)/C(=C/c3cc(Cl)cc(Cl)c3O)S2)cc1. The molecule has 0 spiro atoms. The van der Waals surface area contributed by atoms with Crippen LogP contribution in [0.4, 0.5) is 0 Å². The lowest BCUT2D eigenvalue weighted by atomic mass is 10.2. The van der Waals surface area contributed by atoms with Crippen molar-refractivity contribution in [2.24, 2.45) is 4.40 Å². The number of sulfonamides is 1. The van der Waals surface area contributed by atoms with Crippen LogP contribution in [-0.2, 0) is 14.8 Å². The molecule has 140 valence electrons. The van der Waals surface area contributed by atoms with Crippen molar-refractivity contribution in [3.63, 3.8) is 0 Å². The minimum Gasteiger partial charge on any atom is -0.506 e. The highest BCUT2D eigenvalue weighted by molar-refractivity contribution is 8.19. The van der Waals surface area contributed by atoms with Gasteiger partial charge in [-0.1, -0.05) is 40.9 Å². The van der Waals surface area contributed by atoms with E-state index >= 15 is 0 Å². The van der Waals surface area contributed by atoms with Crippen molar-refractivity contribution in [1.82, 2.24) is 5.32 Å². The first-order valence-electron chi connectivity index (χ1n) is 7.46. The molecule has 1 amide bonds. The highest BCUT2D eigenvalue weighted by Gasteiger charge is 2.27. The average Bonchev–Trinajstić information content (AvgIpc) is 2.91. The van der Waals surface area contributed by atoms with Gasteiger partial charge in [0.1, 0.15) is 5.75 Å². The highest BCUT2D eigenvalue weighted by Crippen LogP contribution is 2.35. The molecule has 0 bridgehead atoms. The number of phenols is 1. The van der Waals surface area contributed by atoms with Crippen molar-refractivity contribution in [3.8, 4) is 5.75 Å². The van der Waals surface area contributed by atoms with Crippen molar-refractivity contribution in [2.75, 3.05) is 0 Å². The third-order valence-electron chi connectivity index (χ3n) is 3.52. The maximum absolute atomic E-state index is 12.4. The molecular weight excluding hydrogens is 431 g/mol. The molecule has 1 fully saturated rings. The summed E-state index contributed by atoms with van der Waals surface area (Å²) >= 11 is 12.6. The molecule has 2 N–H and O–H groups in total. The van der Waals surface area contributed by atoms with Gasteiger partial charge in [0.15, 0.2) is 5.17 Å². The van der Waals surface area contributed by atoms with E-state index in [1.54, 1.807) is 12.1 Å². The van der Waals surface area contributed by atoms with Gasteiger partial charge in [-0.05, 0) is 49.0 Å². The van der Waals surface area contributed by atoms with Gasteiger partial charge in [0.25, 0.3) is 15.9 Å².